The molecule has 1 unspecified atom stereocenters. The highest BCUT2D eigenvalue weighted by atomic mass is 32.2. The molecule has 1 aromatic rings. The maximum atomic E-state index is 12.8. The zero-order valence-electron chi connectivity index (χ0n) is 11.9. The molecule has 21 heavy (non-hydrogen) atoms. The molecule has 0 aromatic heterocycles. The van der Waals surface area contributed by atoms with Crippen LogP contribution in [0.1, 0.15) is 18.9 Å². The van der Waals surface area contributed by atoms with Crippen LogP contribution < -0.4 is 0 Å². The highest BCUT2D eigenvalue weighted by molar-refractivity contribution is 7.89. The second-order valence-electron chi connectivity index (χ2n) is 4.85. The van der Waals surface area contributed by atoms with Gasteiger partial charge in [0.25, 0.3) is 0 Å². The number of ether oxygens (including phenoxy) is 1. The van der Waals surface area contributed by atoms with E-state index in [9.17, 15) is 8.42 Å². The van der Waals surface area contributed by atoms with E-state index in [0.717, 1.165) is 0 Å². The molecule has 1 saturated heterocycles. The third-order valence-electron chi connectivity index (χ3n) is 3.22. The fourth-order valence-electron chi connectivity index (χ4n) is 2.24. The van der Waals surface area contributed by atoms with E-state index in [1.807, 2.05) is 6.92 Å². The molecule has 0 saturated carbocycles. The van der Waals surface area contributed by atoms with Gasteiger partial charge in [-0.2, -0.15) is 4.31 Å². The van der Waals surface area contributed by atoms with Gasteiger partial charge in [0.2, 0.25) is 10.0 Å². The first kappa shape index (κ1) is 16.0. The Morgan fingerprint density at radius 2 is 2.19 bits per heavy atom. The highest BCUT2D eigenvalue weighted by Crippen LogP contribution is 2.21. The van der Waals surface area contributed by atoms with Crippen LogP contribution in [0.2, 0.25) is 0 Å². The first-order valence-electron chi connectivity index (χ1n) is 6.86. The summed E-state index contributed by atoms with van der Waals surface area (Å²) in [7, 11) is -3.61. The van der Waals surface area contributed by atoms with Gasteiger partial charge in [0.15, 0.2) is 0 Å². The summed E-state index contributed by atoms with van der Waals surface area (Å²) in [5, 5.41) is 8.79. The Labute approximate surface area is 125 Å². The van der Waals surface area contributed by atoms with Gasteiger partial charge in [-0.1, -0.05) is 24.0 Å². The van der Waals surface area contributed by atoms with Gasteiger partial charge >= 0.3 is 0 Å². The minimum Gasteiger partial charge on any atom is -0.384 e. The molecule has 1 atom stereocenters. The molecule has 2 rings (SSSR count). The molecule has 1 N–H and O–H groups in total. The van der Waals surface area contributed by atoms with Crippen molar-refractivity contribution in [1.82, 2.24) is 4.31 Å². The molecule has 114 valence electrons. The minimum atomic E-state index is -3.61. The van der Waals surface area contributed by atoms with E-state index in [-0.39, 0.29) is 17.6 Å². The molecule has 6 heteroatoms. The Morgan fingerprint density at radius 3 is 2.95 bits per heavy atom. The van der Waals surface area contributed by atoms with E-state index in [2.05, 4.69) is 11.8 Å². The number of nitrogens with zero attached hydrogens (tertiary/aromatic N) is 1. The maximum absolute atomic E-state index is 12.8. The Bertz CT molecular complexity index is 645. The van der Waals surface area contributed by atoms with Crippen LogP contribution in [0.25, 0.3) is 0 Å². The normalized spacial score (nSPS) is 20.4. The number of sulfonamides is 1. The SMILES string of the molecule is CC1CN(S(=O)(=O)c2ccccc2C#CCO)CCCO1. The van der Waals surface area contributed by atoms with Crippen molar-refractivity contribution in [3.63, 3.8) is 0 Å². The van der Waals surface area contributed by atoms with Gasteiger partial charge in [-0.15, -0.1) is 0 Å². The van der Waals surface area contributed by atoms with Gasteiger partial charge in [-0.05, 0) is 25.5 Å². The topological polar surface area (TPSA) is 66.8 Å². The molecule has 0 amide bonds. The second-order valence-corrected chi connectivity index (χ2v) is 6.76. The maximum Gasteiger partial charge on any atom is 0.244 e. The van der Waals surface area contributed by atoms with Gasteiger partial charge in [-0.25, -0.2) is 8.42 Å². The molecule has 1 fully saturated rings. The van der Waals surface area contributed by atoms with Gasteiger partial charge < -0.3 is 9.84 Å². The van der Waals surface area contributed by atoms with Crippen molar-refractivity contribution < 1.29 is 18.3 Å². The fraction of sp³-hybridized carbons (Fsp3) is 0.467. The number of benzene rings is 1. The third-order valence-corrected chi connectivity index (χ3v) is 5.15. The van der Waals surface area contributed by atoms with Crippen molar-refractivity contribution >= 4 is 10.0 Å². The first-order chi connectivity index (χ1) is 10.1. The highest BCUT2D eigenvalue weighted by Gasteiger charge is 2.29. The Balaban J connectivity index is 2.39. The van der Waals surface area contributed by atoms with Crippen molar-refractivity contribution in [3.8, 4) is 11.8 Å². The molecule has 0 bridgehead atoms. The van der Waals surface area contributed by atoms with Crippen molar-refractivity contribution in [2.24, 2.45) is 0 Å². The largest absolute Gasteiger partial charge is 0.384 e. The minimum absolute atomic E-state index is 0.127. The molecule has 1 aliphatic heterocycles. The average molecular weight is 309 g/mol. The summed E-state index contributed by atoms with van der Waals surface area (Å²) >= 11 is 0. The van der Waals surface area contributed by atoms with Crippen LogP contribution in [-0.2, 0) is 14.8 Å². The Kier molecular flexibility index (Phi) is 5.37. The van der Waals surface area contributed by atoms with Gasteiger partial charge in [0, 0.05) is 25.3 Å². The van der Waals surface area contributed by atoms with Gasteiger partial charge in [0.05, 0.1) is 11.0 Å². The van der Waals surface area contributed by atoms with Crippen molar-refractivity contribution in [2.75, 3.05) is 26.3 Å². The van der Waals surface area contributed by atoms with E-state index >= 15 is 0 Å². The lowest BCUT2D eigenvalue weighted by molar-refractivity contribution is 0.0752. The summed E-state index contributed by atoms with van der Waals surface area (Å²) < 4.78 is 32.6. The van der Waals surface area contributed by atoms with Crippen LogP contribution in [0, 0.1) is 11.8 Å². The quantitative estimate of drug-likeness (QED) is 0.822. The molecule has 1 heterocycles. The first-order valence-corrected chi connectivity index (χ1v) is 8.30. The molecule has 1 aromatic carbocycles. The second kappa shape index (κ2) is 7.05. The number of rotatable bonds is 2. The van der Waals surface area contributed by atoms with Gasteiger partial charge in [-0.3, -0.25) is 0 Å². The van der Waals surface area contributed by atoms with Crippen LogP contribution in [0.15, 0.2) is 29.2 Å². The molecular formula is C15H19NO4S. The molecule has 5 nitrogen and oxygen atoms in total. The lowest BCUT2D eigenvalue weighted by Crippen LogP contribution is -2.36. The zero-order chi connectivity index (χ0) is 15.3. The van der Waals surface area contributed by atoms with Crippen molar-refractivity contribution in [3.05, 3.63) is 29.8 Å². The van der Waals surface area contributed by atoms with E-state index in [1.54, 1.807) is 24.3 Å². The number of hydrogen-bond acceptors (Lipinski definition) is 4. The molecule has 0 radical (unpaired) electrons. The van der Waals surface area contributed by atoms with E-state index < -0.39 is 10.0 Å². The smallest absolute Gasteiger partial charge is 0.244 e. The molecule has 0 spiro atoms. The van der Waals surface area contributed by atoms with Crippen LogP contribution in [-0.4, -0.2) is 50.2 Å². The Hall–Kier alpha value is -1.39. The van der Waals surface area contributed by atoms with Crippen LogP contribution in [0.4, 0.5) is 0 Å². The monoisotopic (exact) mass is 309 g/mol. The number of aliphatic hydroxyl groups excluding tert-OH is 1. The van der Waals surface area contributed by atoms with Crippen LogP contribution >= 0.6 is 0 Å². The summed E-state index contributed by atoms with van der Waals surface area (Å²) in [4.78, 5) is 0.181. The summed E-state index contributed by atoms with van der Waals surface area (Å²) in [6, 6.07) is 6.60. The van der Waals surface area contributed by atoms with E-state index in [0.29, 0.717) is 31.7 Å². The predicted molar refractivity (Wildman–Crippen MR) is 79.2 cm³/mol. The summed E-state index contributed by atoms with van der Waals surface area (Å²) in [6.45, 7) is 2.91. The average Bonchev–Trinajstić information content (AvgIpc) is 2.70. The molecular weight excluding hydrogens is 290 g/mol. The van der Waals surface area contributed by atoms with Crippen LogP contribution in [0.3, 0.4) is 0 Å². The Morgan fingerprint density at radius 1 is 1.43 bits per heavy atom. The summed E-state index contributed by atoms with van der Waals surface area (Å²) in [6.07, 6.45) is 0.548. The van der Waals surface area contributed by atoms with Crippen molar-refractivity contribution in [2.45, 2.75) is 24.3 Å². The van der Waals surface area contributed by atoms with Gasteiger partial charge in [0.1, 0.15) is 6.61 Å². The third kappa shape index (κ3) is 3.83. The standard InChI is InChI=1S/C15H19NO4S/c1-13-12-16(9-5-11-20-13)21(18,19)15-8-3-2-6-14(15)7-4-10-17/h2-3,6,8,13,17H,5,9-12H2,1H3. The predicted octanol–water partition coefficient (Wildman–Crippen LogP) is 0.830. The van der Waals surface area contributed by atoms with E-state index in [1.165, 1.54) is 4.31 Å². The molecule has 0 aliphatic carbocycles. The zero-order valence-corrected chi connectivity index (χ0v) is 12.8. The summed E-state index contributed by atoms with van der Waals surface area (Å²) in [5.41, 5.74) is 0.407. The number of hydrogen-bond donors (Lipinski definition) is 1. The lowest BCUT2D eigenvalue weighted by atomic mass is 10.2. The lowest BCUT2D eigenvalue weighted by Gasteiger charge is -2.22. The van der Waals surface area contributed by atoms with Crippen LogP contribution in [0.5, 0.6) is 0 Å². The fourth-order valence-corrected chi connectivity index (χ4v) is 3.94. The van der Waals surface area contributed by atoms with Crippen molar-refractivity contribution in [1.29, 1.82) is 0 Å². The van der Waals surface area contributed by atoms with E-state index in [4.69, 9.17) is 9.84 Å². The number of aliphatic hydroxyl groups is 1. The molecule has 1 aliphatic rings. The summed E-state index contributed by atoms with van der Waals surface area (Å²) in [5.74, 6) is 5.20.